The second-order valence-corrected chi connectivity index (χ2v) is 6.30. The Kier molecular flexibility index (Phi) is 4.57. The van der Waals surface area contributed by atoms with Gasteiger partial charge in [-0.2, -0.15) is 0 Å². The van der Waals surface area contributed by atoms with E-state index in [2.05, 4.69) is 31.1 Å². The van der Waals surface area contributed by atoms with Gasteiger partial charge in [-0.1, -0.05) is 26.2 Å². The van der Waals surface area contributed by atoms with E-state index < -0.39 is 0 Å². The van der Waals surface area contributed by atoms with E-state index >= 15 is 0 Å². The monoisotopic (exact) mass is 252 g/mol. The summed E-state index contributed by atoms with van der Waals surface area (Å²) < 4.78 is 0. The van der Waals surface area contributed by atoms with E-state index in [4.69, 9.17) is 0 Å². The molecule has 0 aliphatic heterocycles. The maximum absolute atomic E-state index is 4.35. The summed E-state index contributed by atoms with van der Waals surface area (Å²) in [5, 5.41) is 3.82. The summed E-state index contributed by atoms with van der Waals surface area (Å²) in [5.74, 6) is 0.813. The molecule has 0 bridgehead atoms. The van der Waals surface area contributed by atoms with Crippen LogP contribution in [0.4, 0.5) is 0 Å². The molecule has 1 N–H and O–H groups in total. The standard InChI is InChI=1S/C14H24N2S/c1-10-7-5-4-6-8-13(10)16-12(3)14-11(2)15-9-17-14/h9-10,12-13,16H,4-8H2,1-3H3. The molecule has 0 radical (unpaired) electrons. The van der Waals surface area contributed by atoms with E-state index in [0.717, 1.165) is 5.92 Å². The molecule has 3 atom stereocenters. The lowest BCUT2D eigenvalue weighted by Crippen LogP contribution is -2.36. The van der Waals surface area contributed by atoms with Crippen LogP contribution in [0.25, 0.3) is 0 Å². The molecule has 1 aromatic rings. The Hall–Kier alpha value is -0.410. The number of nitrogens with one attached hydrogen (secondary N) is 1. The van der Waals surface area contributed by atoms with E-state index in [1.165, 1.54) is 42.7 Å². The van der Waals surface area contributed by atoms with Gasteiger partial charge in [0, 0.05) is 17.0 Å². The van der Waals surface area contributed by atoms with Crippen LogP contribution in [0.5, 0.6) is 0 Å². The minimum Gasteiger partial charge on any atom is -0.306 e. The van der Waals surface area contributed by atoms with E-state index in [0.29, 0.717) is 12.1 Å². The zero-order valence-electron chi connectivity index (χ0n) is 11.2. The molecule has 2 nitrogen and oxygen atoms in total. The van der Waals surface area contributed by atoms with Gasteiger partial charge in [0.2, 0.25) is 0 Å². The number of rotatable bonds is 3. The number of aryl methyl sites for hydroxylation is 1. The molecule has 0 amide bonds. The molecule has 96 valence electrons. The van der Waals surface area contributed by atoms with Crippen molar-refractivity contribution in [2.75, 3.05) is 0 Å². The fraction of sp³-hybridized carbons (Fsp3) is 0.786. The lowest BCUT2D eigenvalue weighted by molar-refractivity contribution is 0.331. The van der Waals surface area contributed by atoms with Crippen molar-refractivity contribution in [1.29, 1.82) is 0 Å². The predicted octanol–water partition coefficient (Wildman–Crippen LogP) is 4.07. The average Bonchev–Trinajstić information content (AvgIpc) is 2.63. The molecular formula is C14H24N2S. The van der Waals surface area contributed by atoms with Gasteiger partial charge >= 0.3 is 0 Å². The van der Waals surface area contributed by atoms with Gasteiger partial charge in [0.25, 0.3) is 0 Å². The predicted molar refractivity (Wildman–Crippen MR) is 74.4 cm³/mol. The highest BCUT2D eigenvalue weighted by Gasteiger charge is 2.22. The van der Waals surface area contributed by atoms with Crippen LogP contribution in [0, 0.1) is 12.8 Å². The quantitative estimate of drug-likeness (QED) is 0.820. The Bertz CT molecular complexity index is 348. The second-order valence-electron chi connectivity index (χ2n) is 5.41. The zero-order chi connectivity index (χ0) is 12.3. The maximum atomic E-state index is 4.35. The minimum absolute atomic E-state index is 0.452. The van der Waals surface area contributed by atoms with E-state index in [-0.39, 0.29) is 0 Å². The Morgan fingerprint density at radius 2 is 2.12 bits per heavy atom. The second kappa shape index (κ2) is 5.96. The number of hydrogen-bond acceptors (Lipinski definition) is 3. The highest BCUT2D eigenvalue weighted by Crippen LogP contribution is 2.27. The third-order valence-electron chi connectivity index (χ3n) is 4.00. The van der Waals surface area contributed by atoms with Crippen LogP contribution in [0.3, 0.4) is 0 Å². The number of thiazole rings is 1. The molecule has 3 unspecified atom stereocenters. The maximum Gasteiger partial charge on any atom is 0.0798 e. The van der Waals surface area contributed by atoms with Gasteiger partial charge in [-0.3, -0.25) is 0 Å². The third kappa shape index (κ3) is 3.29. The van der Waals surface area contributed by atoms with Crippen molar-refractivity contribution in [3.8, 4) is 0 Å². The molecule has 17 heavy (non-hydrogen) atoms. The van der Waals surface area contributed by atoms with Crippen LogP contribution >= 0.6 is 11.3 Å². The first-order valence-electron chi connectivity index (χ1n) is 6.84. The lowest BCUT2D eigenvalue weighted by Gasteiger charge is -2.26. The molecule has 1 aliphatic rings. The summed E-state index contributed by atoms with van der Waals surface area (Å²) in [6.07, 6.45) is 6.93. The molecule has 0 saturated heterocycles. The first kappa shape index (κ1) is 13.0. The summed E-state index contributed by atoms with van der Waals surface area (Å²) in [6, 6.07) is 1.14. The molecule has 0 aromatic carbocycles. The van der Waals surface area contributed by atoms with Crippen molar-refractivity contribution in [3.05, 3.63) is 16.1 Å². The molecular weight excluding hydrogens is 228 g/mol. The van der Waals surface area contributed by atoms with Crippen molar-refractivity contribution in [2.24, 2.45) is 5.92 Å². The average molecular weight is 252 g/mol. The van der Waals surface area contributed by atoms with E-state index in [1.807, 2.05) is 5.51 Å². The zero-order valence-corrected chi connectivity index (χ0v) is 12.0. The topological polar surface area (TPSA) is 24.9 Å². The summed E-state index contributed by atoms with van der Waals surface area (Å²) in [5.41, 5.74) is 3.15. The molecule has 1 saturated carbocycles. The number of aromatic nitrogens is 1. The van der Waals surface area contributed by atoms with E-state index in [1.54, 1.807) is 11.3 Å². The summed E-state index contributed by atoms with van der Waals surface area (Å²) in [4.78, 5) is 5.75. The first-order chi connectivity index (χ1) is 8.18. The molecule has 1 aliphatic carbocycles. The minimum atomic E-state index is 0.452. The summed E-state index contributed by atoms with van der Waals surface area (Å²) >= 11 is 1.78. The molecule has 0 spiro atoms. The first-order valence-corrected chi connectivity index (χ1v) is 7.72. The smallest absolute Gasteiger partial charge is 0.0798 e. The number of hydrogen-bond donors (Lipinski definition) is 1. The summed E-state index contributed by atoms with van der Waals surface area (Å²) in [6.45, 7) is 6.79. The van der Waals surface area contributed by atoms with E-state index in [9.17, 15) is 0 Å². The Morgan fingerprint density at radius 3 is 2.82 bits per heavy atom. The molecule has 1 aromatic heterocycles. The normalized spacial score (nSPS) is 27.7. The number of nitrogens with zero attached hydrogens (tertiary/aromatic N) is 1. The van der Waals surface area contributed by atoms with Crippen LogP contribution < -0.4 is 5.32 Å². The van der Waals surface area contributed by atoms with Gasteiger partial charge in [0.1, 0.15) is 0 Å². The molecule has 3 heteroatoms. The Morgan fingerprint density at radius 1 is 1.35 bits per heavy atom. The van der Waals surface area contributed by atoms with Gasteiger partial charge in [-0.05, 0) is 32.6 Å². The Balaban J connectivity index is 1.97. The van der Waals surface area contributed by atoms with Crippen LogP contribution in [-0.4, -0.2) is 11.0 Å². The highest BCUT2D eigenvalue weighted by atomic mass is 32.1. The van der Waals surface area contributed by atoms with Crippen molar-refractivity contribution >= 4 is 11.3 Å². The molecule has 1 fully saturated rings. The SMILES string of the molecule is Cc1ncsc1C(C)NC1CCCCCC1C. The van der Waals surface area contributed by atoms with Crippen molar-refractivity contribution in [1.82, 2.24) is 10.3 Å². The Labute approximate surface area is 109 Å². The van der Waals surface area contributed by atoms with Crippen molar-refractivity contribution in [2.45, 2.75) is 65.0 Å². The molecule has 2 rings (SSSR count). The lowest BCUT2D eigenvalue weighted by atomic mass is 9.96. The largest absolute Gasteiger partial charge is 0.306 e. The van der Waals surface area contributed by atoms with Crippen molar-refractivity contribution in [3.63, 3.8) is 0 Å². The fourth-order valence-electron chi connectivity index (χ4n) is 2.86. The molecule has 1 heterocycles. The van der Waals surface area contributed by atoms with Gasteiger partial charge in [0.05, 0.1) is 11.2 Å². The van der Waals surface area contributed by atoms with Gasteiger partial charge in [-0.25, -0.2) is 4.98 Å². The summed E-state index contributed by atoms with van der Waals surface area (Å²) in [7, 11) is 0. The van der Waals surface area contributed by atoms with Crippen LogP contribution in [0.2, 0.25) is 0 Å². The van der Waals surface area contributed by atoms with Gasteiger partial charge in [0.15, 0.2) is 0 Å². The van der Waals surface area contributed by atoms with Crippen LogP contribution in [-0.2, 0) is 0 Å². The van der Waals surface area contributed by atoms with Crippen molar-refractivity contribution < 1.29 is 0 Å². The highest BCUT2D eigenvalue weighted by molar-refractivity contribution is 7.09. The third-order valence-corrected chi connectivity index (χ3v) is 5.12. The van der Waals surface area contributed by atoms with Gasteiger partial charge < -0.3 is 5.32 Å². The fourth-order valence-corrected chi connectivity index (χ4v) is 3.68. The van der Waals surface area contributed by atoms with Gasteiger partial charge in [-0.15, -0.1) is 11.3 Å². The van der Waals surface area contributed by atoms with Crippen LogP contribution in [0.15, 0.2) is 5.51 Å². The van der Waals surface area contributed by atoms with Crippen LogP contribution in [0.1, 0.15) is 62.6 Å².